The maximum absolute atomic E-state index is 5.91. The van der Waals surface area contributed by atoms with Crippen molar-refractivity contribution in [2.75, 3.05) is 11.9 Å². The summed E-state index contributed by atoms with van der Waals surface area (Å²) in [4.78, 5) is 0. The second-order valence-electron chi connectivity index (χ2n) is 6.36. The summed E-state index contributed by atoms with van der Waals surface area (Å²) >= 11 is 0. The van der Waals surface area contributed by atoms with Crippen molar-refractivity contribution in [3.63, 3.8) is 0 Å². The lowest BCUT2D eigenvalue weighted by Crippen LogP contribution is -2.24. The molecule has 2 aromatic heterocycles. The van der Waals surface area contributed by atoms with Crippen LogP contribution in [0.25, 0.3) is 5.82 Å². The number of benzene rings is 1. The Hall–Kier alpha value is -2.73. The fraction of sp³-hybridized carbons (Fsp3) is 0.316. The van der Waals surface area contributed by atoms with Crippen LogP contribution in [0, 0.1) is 13.8 Å². The van der Waals surface area contributed by atoms with Crippen LogP contribution in [-0.2, 0) is 4.74 Å². The summed E-state index contributed by atoms with van der Waals surface area (Å²) in [5, 5.41) is 16.5. The van der Waals surface area contributed by atoms with Crippen LogP contribution in [0.1, 0.15) is 29.5 Å². The molecule has 25 heavy (non-hydrogen) atoms. The summed E-state index contributed by atoms with van der Waals surface area (Å²) in [6.45, 7) is 4.72. The molecular weight excluding hydrogens is 314 g/mol. The molecule has 2 unspecified atom stereocenters. The average molecular weight is 335 g/mol. The fourth-order valence-electron chi connectivity index (χ4n) is 3.27. The first kappa shape index (κ1) is 15.8. The summed E-state index contributed by atoms with van der Waals surface area (Å²) in [6.07, 6.45) is 0.985. The summed E-state index contributed by atoms with van der Waals surface area (Å²) in [5.41, 5.74) is 3.20. The molecule has 0 bridgehead atoms. The van der Waals surface area contributed by atoms with E-state index in [1.165, 1.54) is 5.56 Å². The van der Waals surface area contributed by atoms with Crippen LogP contribution >= 0.6 is 0 Å². The Morgan fingerprint density at radius 3 is 2.60 bits per heavy atom. The molecule has 0 saturated carbocycles. The zero-order valence-corrected chi connectivity index (χ0v) is 14.4. The van der Waals surface area contributed by atoms with Crippen LogP contribution in [0.2, 0.25) is 0 Å². The minimum Gasteiger partial charge on any atom is -0.371 e. The summed E-state index contributed by atoms with van der Waals surface area (Å²) < 4.78 is 7.71. The highest BCUT2D eigenvalue weighted by atomic mass is 16.5. The third-order valence-electron chi connectivity index (χ3n) is 4.43. The molecule has 2 atom stereocenters. The number of nitrogens with one attached hydrogen (secondary N) is 1. The highest BCUT2D eigenvalue weighted by Crippen LogP contribution is 2.30. The Bertz CT molecular complexity index is 844. The number of anilines is 1. The molecule has 1 aliphatic heterocycles. The van der Waals surface area contributed by atoms with Gasteiger partial charge in [0.05, 0.1) is 11.7 Å². The number of nitrogens with zero attached hydrogens (tertiary/aromatic N) is 4. The molecule has 0 radical (unpaired) electrons. The number of aryl methyl sites for hydroxylation is 2. The number of hydrogen-bond donors (Lipinski definition) is 1. The quantitative estimate of drug-likeness (QED) is 0.793. The van der Waals surface area contributed by atoms with Crippen molar-refractivity contribution in [1.29, 1.82) is 0 Å². The zero-order chi connectivity index (χ0) is 17.2. The van der Waals surface area contributed by atoms with Gasteiger partial charge in [0.25, 0.3) is 0 Å². The van der Waals surface area contributed by atoms with E-state index >= 15 is 0 Å². The van der Waals surface area contributed by atoms with E-state index in [1.54, 1.807) is 4.68 Å². The van der Waals surface area contributed by atoms with Gasteiger partial charge in [0.15, 0.2) is 5.82 Å². The summed E-state index contributed by atoms with van der Waals surface area (Å²) in [7, 11) is 0. The van der Waals surface area contributed by atoms with Gasteiger partial charge in [-0.3, -0.25) is 0 Å². The molecule has 6 heteroatoms. The van der Waals surface area contributed by atoms with Crippen molar-refractivity contribution in [3.05, 3.63) is 65.5 Å². The Morgan fingerprint density at radius 1 is 1.08 bits per heavy atom. The lowest BCUT2D eigenvalue weighted by molar-refractivity contribution is 0.107. The van der Waals surface area contributed by atoms with E-state index in [2.05, 4.69) is 32.7 Å². The maximum atomic E-state index is 5.91. The maximum Gasteiger partial charge on any atom is 0.176 e. The van der Waals surface area contributed by atoms with E-state index in [1.807, 2.05) is 50.2 Å². The van der Waals surface area contributed by atoms with E-state index in [4.69, 9.17) is 4.74 Å². The molecule has 1 aliphatic rings. The van der Waals surface area contributed by atoms with Gasteiger partial charge in [-0.1, -0.05) is 30.3 Å². The van der Waals surface area contributed by atoms with E-state index in [-0.39, 0.29) is 12.1 Å². The molecule has 0 aliphatic carbocycles. The molecule has 128 valence electrons. The minimum atomic E-state index is 0.0404. The topological polar surface area (TPSA) is 64.9 Å². The highest BCUT2D eigenvalue weighted by Gasteiger charge is 2.29. The first-order chi connectivity index (χ1) is 12.2. The molecule has 0 amide bonds. The van der Waals surface area contributed by atoms with Crippen molar-refractivity contribution in [2.24, 2.45) is 0 Å². The van der Waals surface area contributed by atoms with Gasteiger partial charge >= 0.3 is 0 Å². The van der Waals surface area contributed by atoms with Gasteiger partial charge in [-0.05, 0) is 44.0 Å². The molecular formula is C19H21N5O. The molecule has 6 nitrogen and oxygen atoms in total. The van der Waals surface area contributed by atoms with Crippen molar-refractivity contribution in [1.82, 2.24) is 20.0 Å². The normalized spacial score (nSPS) is 19.9. The molecule has 3 aromatic rings. The lowest BCUT2D eigenvalue weighted by atomic mass is 10.0. The van der Waals surface area contributed by atoms with Crippen molar-refractivity contribution in [2.45, 2.75) is 32.4 Å². The van der Waals surface area contributed by atoms with Gasteiger partial charge in [-0.2, -0.15) is 5.10 Å². The molecule has 1 N–H and O–H groups in total. The van der Waals surface area contributed by atoms with Crippen LogP contribution < -0.4 is 5.32 Å². The van der Waals surface area contributed by atoms with Crippen molar-refractivity contribution in [3.8, 4) is 5.82 Å². The van der Waals surface area contributed by atoms with Crippen molar-refractivity contribution < 1.29 is 4.74 Å². The van der Waals surface area contributed by atoms with Crippen molar-refractivity contribution >= 4 is 5.82 Å². The van der Waals surface area contributed by atoms with E-state index < -0.39 is 0 Å². The van der Waals surface area contributed by atoms with Crippen LogP contribution in [0.5, 0.6) is 0 Å². The number of aromatic nitrogens is 4. The predicted molar refractivity (Wildman–Crippen MR) is 95.8 cm³/mol. The van der Waals surface area contributed by atoms with Gasteiger partial charge in [-0.25, -0.2) is 4.68 Å². The summed E-state index contributed by atoms with van der Waals surface area (Å²) in [5.74, 6) is 1.47. The van der Waals surface area contributed by atoms with E-state index in [0.717, 1.165) is 36.1 Å². The summed E-state index contributed by atoms with van der Waals surface area (Å²) in [6, 6.07) is 16.4. The third-order valence-corrected chi connectivity index (χ3v) is 4.43. The Balaban J connectivity index is 1.50. The van der Waals surface area contributed by atoms with Gasteiger partial charge in [-0.15, -0.1) is 10.2 Å². The molecule has 1 fully saturated rings. The van der Waals surface area contributed by atoms with E-state index in [9.17, 15) is 0 Å². The second kappa shape index (κ2) is 6.64. The standard InChI is InChI=1S/C19H21N5O/c1-13-12-14(2)24(23-13)18-9-8-17(21-22-18)20-16-10-11-25-19(16)15-6-4-3-5-7-15/h3-9,12,16,19H,10-11H2,1-2H3,(H,20,21). The van der Waals surface area contributed by atoms with Crippen LogP contribution in [0.3, 0.4) is 0 Å². The highest BCUT2D eigenvalue weighted by molar-refractivity contribution is 5.39. The Labute approximate surface area is 146 Å². The van der Waals surface area contributed by atoms with Crippen LogP contribution in [0.4, 0.5) is 5.82 Å². The number of rotatable bonds is 4. The minimum absolute atomic E-state index is 0.0404. The Morgan fingerprint density at radius 2 is 1.92 bits per heavy atom. The smallest absolute Gasteiger partial charge is 0.176 e. The Kier molecular flexibility index (Phi) is 4.19. The zero-order valence-electron chi connectivity index (χ0n) is 14.4. The first-order valence-corrected chi connectivity index (χ1v) is 8.51. The SMILES string of the molecule is Cc1cc(C)n(-c2ccc(NC3CCOC3c3ccccc3)nn2)n1. The fourth-order valence-corrected chi connectivity index (χ4v) is 3.27. The largest absolute Gasteiger partial charge is 0.371 e. The lowest BCUT2D eigenvalue weighted by Gasteiger charge is -2.20. The van der Waals surface area contributed by atoms with Crippen LogP contribution in [0.15, 0.2) is 48.5 Å². The van der Waals surface area contributed by atoms with Gasteiger partial charge in [0, 0.05) is 12.3 Å². The molecule has 4 rings (SSSR count). The van der Waals surface area contributed by atoms with E-state index in [0.29, 0.717) is 0 Å². The first-order valence-electron chi connectivity index (χ1n) is 8.51. The predicted octanol–water partition coefficient (Wildman–Crippen LogP) is 3.22. The molecule has 0 spiro atoms. The van der Waals surface area contributed by atoms with Crippen LogP contribution in [-0.4, -0.2) is 32.6 Å². The van der Waals surface area contributed by atoms with Gasteiger partial charge < -0.3 is 10.1 Å². The molecule has 1 saturated heterocycles. The molecule has 1 aromatic carbocycles. The average Bonchev–Trinajstić information content (AvgIpc) is 3.22. The second-order valence-corrected chi connectivity index (χ2v) is 6.36. The number of hydrogen-bond acceptors (Lipinski definition) is 5. The number of ether oxygens (including phenoxy) is 1. The monoisotopic (exact) mass is 335 g/mol. The third kappa shape index (κ3) is 3.25. The molecule has 3 heterocycles. The van der Waals surface area contributed by atoms with Gasteiger partial charge in [0.2, 0.25) is 0 Å². The van der Waals surface area contributed by atoms with Gasteiger partial charge in [0.1, 0.15) is 11.9 Å².